The summed E-state index contributed by atoms with van der Waals surface area (Å²) in [6.07, 6.45) is -0.0427. The van der Waals surface area contributed by atoms with Crippen LogP contribution in [0.4, 0.5) is 0 Å². The first-order valence-corrected chi connectivity index (χ1v) is 3.32. The van der Waals surface area contributed by atoms with Crippen molar-refractivity contribution < 1.29 is 9.84 Å². The van der Waals surface area contributed by atoms with E-state index in [1.54, 1.807) is 0 Å². The van der Waals surface area contributed by atoms with Gasteiger partial charge in [-0.2, -0.15) is 0 Å². The molecule has 0 amide bonds. The molecule has 0 unspecified atom stereocenters. The fraction of sp³-hybridized carbons (Fsp3) is 0.857. The molecule has 0 radical (unpaired) electrons. The Hall–Kier alpha value is -0.570. The van der Waals surface area contributed by atoms with E-state index in [0.29, 0.717) is 0 Å². The summed E-state index contributed by atoms with van der Waals surface area (Å²) in [5.74, 6) is -0.0810. The van der Waals surface area contributed by atoms with E-state index in [4.69, 9.17) is 10.1 Å². The molecule has 3 nitrogen and oxygen atoms in total. The van der Waals surface area contributed by atoms with E-state index in [-0.39, 0.29) is 12.0 Å². The number of hydrogen-bond donors (Lipinski definition) is 2. The standard InChI is InChI=1S/C7H15NO2/c1-5(2)10-6(8)7(3,4)9/h5,8-9H,1-4H3. The molecule has 0 saturated carbocycles. The predicted molar refractivity (Wildman–Crippen MR) is 40.2 cm³/mol. The van der Waals surface area contributed by atoms with Crippen LogP contribution in [-0.2, 0) is 4.74 Å². The van der Waals surface area contributed by atoms with E-state index in [2.05, 4.69) is 0 Å². The summed E-state index contributed by atoms with van der Waals surface area (Å²) in [4.78, 5) is 0. The summed E-state index contributed by atoms with van der Waals surface area (Å²) in [6.45, 7) is 6.69. The van der Waals surface area contributed by atoms with Gasteiger partial charge < -0.3 is 9.84 Å². The lowest BCUT2D eigenvalue weighted by Gasteiger charge is -2.20. The smallest absolute Gasteiger partial charge is 0.213 e. The van der Waals surface area contributed by atoms with Gasteiger partial charge in [0, 0.05) is 0 Å². The normalized spacial score (nSPS) is 11.8. The first-order valence-electron chi connectivity index (χ1n) is 3.32. The first-order chi connectivity index (χ1) is 4.34. The van der Waals surface area contributed by atoms with Crippen LogP contribution in [0.1, 0.15) is 27.7 Å². The maximum absolute atomic E-state index is 9.19. The maximum atomic E-state index is 9.19. The number of hydrogen-bond acceptors (Lipinski definition) is 3. The lowest BCUT2D eigenvalue weighted by atomic mass is 10.1. The van der Waals surface area contributed by atoms with Crippen LogP contribution in [0.25, 0.3) is 0 Å². The van der Waals surface area contributed by atoms with E-state index < -0.39 is 5.60 Å². The topological polar surface area (TPSA) is 53.3 Å². The van der Waals surface area contributed by atoms with Crippen molar-refractivity contribution in [2.24, 2.45) is 0 Å². The highest BCUT2D eigenvalue weighted by atomic mass is 16.5. The molecule has 0 aliphatic heterocycles. The zero-order chi connectivity index (χ0) is 8.36. The highest BCUT2D eigenvalue weighted by molar-refractivity contribution is 5.81. The minimum Gasteiger partial charge on any atom is -0.476 e. The second-order valence-electron chi connectivity index (χ2n) is 3.05. The number of nitrogens with one attached hydrogen (secondary N) is 1. The Bertz CT molecular complexity index is 124. The zero-order valence-electron chi connectivity index (χ0n) is 6.93. The van der Waals surface area contributed by atoms with Crippen molar-refractivity contribution in [1.29, 1.82) is 5.41 Å². The minimum atomic E-state index is -1.15. The van der Waals surface area contributed by atoms with Crippen molar-refractivity contribution >= 4 is 5.90 Å². The highest BCUT2D eigenvalue weighted by Crippen LogP contribution is 2.05. The molecule has 0 heterocycles. The van der Waals surface area contributed by atoms with E-state index in [9.17, 15) is 5.11 Å². The molecule has 0 aliphatic rings. The second-order valence-corrected chi connectivity index (χ2v) is 3.05. The molecule has 3 heteroatoms. The summed E-state index contributed by atoms with van der Waals surface area (Å²) in [6, 6.07) is 0. The molecule has 0 bridgehead atoms. The lowest BCUT2D eigenvalue weighted by Crippen LogP contribution is -2.34. The van der Waals surface area contributed by atoms with Gasteiger partial charge in [0.1, 0.15) is 5.60 Å². The van der Waals surface area contributed by atoms with Gasteiger partial charge in [0.15, 0.2) is 0 Å². The molecular formula is C7H15NO2. The van der Waals surface area contributed by atoms with E-state index in [1.807, 2.05) is 13.8 Å². The molecule has 0 rings (SSSR count). The molecule has 0 fully saturated rings. The van der Waals surface area contributed by atoms with E-state index >= 15 is 0 Å². The maximum Gasteiger partial charge on any atom is 0.213 e. The van der Waals surface area contributed by atoms with Crippen LogP contribution in [0.15, 0.2) is 0 Å². The van der Waals surface area contributed by atoms with Gasteiger partial charge in [-0.15, -0.1) is 0 Å². The summed E-state index contributed by atoms with van der Waals surface area (Å²) in [7, 11) is 0. The van der Waals surface area contributed by atoms with Gasteiger partial charge in [-0.25, -0.2) is 0 Å². The van der Waals surface area contributed by atoms with Crippen molar-refractivity contribution in [2.45, 2.75) is 39.4 Å². The SMILES string of the molecule is CC(C)OC(=N)C(C)(C)O. The van der Waals surface area contributed by atoms with Gasteiger partial charge in [-0.3, -0.25) is 5.41 Å². The first kappa shape index (κ1) is 9.43. The van der Waals surface area contributed by atoms with Crippen LogP contribution in [0, 0.1) is 5.41 Å². The van der Waals surface area contributed by atoms with Crippen molar-refractivity contribution in [2.75, 3.05) is 0 Å². The van der Waals surface area contributed by atoms with E-state index in [0.717, 1.165) is 0 Å². The van der Waals surface area contributed by atoms with Crippen LogP contribution in [0.3, 0.4) is 0 Å². The zero-order valence-corrected chi connectivity index (χ0v) is 6.93. The Morgan fingerprint density at radius 3 is 2.00 bits per heavy atom. The molecule has 0 aromatic rings. The van der Waals surface area contributed by atoms with Gasteiger partial charge in [-0.05, 0) is 27.7 Å². The molecule has 0 aliphatic carbocycles. The van der Waals surface area contributed by atoms with Gasteiger partial charge >= 0.3 is 0 Å². The number of aliphatic hydroxyl groups is 1. The second kappa shape index (κ2) is 3.01. The Morgan fingerprint density at radius 1 is 1.50 bits per heavy atom. The summed E-state index contributed by atoms with van der Waals surface area (Å²) < 4.78 is 4.95. The van der Waals surface area contributed by atoms with Crippen LogP contribution in [0.2, 0.25) is 0 Å². The van der Waals surface area contributed by atoms with Gasteiger partial charge in [0.2, 0.25) is 5.90 Å². The molecule has 60 valence electrons. The highest BCUT2D eigenvalue weighted by Gasteiger charge is 2.21. The average molecular weight is 145 g/mol. The summed E-state index contributed by atoms with van der Waals surface area (Å²) in [5.41, 5.74) is -1.15. The average Bonchev–Trinajstić information content (AvgIpc) is 1.60. The van der Waals surface area contributed by atoms with Crippen LogP contribution in [0.5, 0.6) is 0 Å². The molecule has 0 aromatic heterocycles. The third-order valence-electron chi connectivity index (χ3n) is 0.909. The lowest BCUT2D eigenvalue weighted by molar-refractivity contribution is 0.0961. The van der Waals surface area contributed by atoms with Crippen molar-refractivity contribution in [3.8, 4) is 0 Å². The largest absolute Gasteiger partial charge is 0.476 e. The fourth-order valence-corrected chi connectivity index (χ4v) is 0.380. The molecular weight excluding hydrogens is 130 g/mol. The molecule has 0 saturated heterocycles. The van der Waals surface area contributed by atoms with Crippen molar-refractivity contribution in [1.82, 2.24) is 0 Å². The quantitative estimate of drug-likeness (QED) is 0.452. The third kappa shape index (κ3) is 3.45. The van der Waals surface area contributed by atoms with Crippen LogP contribution in [-0.4, -0.2) is 22.7 Å². The summed E-state index contributed by atoms with van der Waals surface area (Å²) in [5, 5.41) is 16.4. The number of ether oxygens (including phenoxy) is 1. The predicted octanol–water partition coefficient (Wildman–Crippen LogP) is 1.16. The Labute approximate surface area is 61.5 Å². The monoisotopic (exact) mass is 145 g/mol. The Morgan fingerprint density at radius 2 is 1.90 bits per heavy atom. The molecule has 10 heavy (non-hydrogen) atoms. The minimum absolute atomic E-state index is 0.0427. The fourth-order valence-electron chi connectivity index (χ4n) is 0.380. The Balaban J connectivity index is 3.87. The Kier molecular flexibility index (Phi) is 2.84. The molecule has 2 N–H and O–H groups in total. The van der Waals surface area contributed by atoms with Crippen molar-refractivity contribution in [3.05, 3.63) is 0 Å². The number of rotatable bonds is 2. The van der Waals surface area contributed by atoms with Gasteiger partial charge in [0.05, 0.1) is 6.10 Å². The molecule has 0 atom stereocenters. The third-order valence-corrected chi connectivity index (χ3v) is 0.909. The van der Waals surface area contributed by atoms with Crippen LogP contribution < -0.4 is 0 Å². The molecule has 0 spiro atoms. The molecule has 0 aromatic carbocycles. The van der Waals surface area contributed by atoms with Gasteiger partial charge in [-0.1, -0.05) is 0 Å². The summed E-state index contributed by atoms with van der Waals surface area (Å²) >= 11 is 0. The van der Waals surface area contributed by atoms with Crippen molar-refractivity contribution in [3.63, 3.8) is 0 Å². The van der Waals surface area contributed by atoms with Gasteiger partial charge in [0.25, 0.3) is 0 Å². The van der Waals surface area contributed by atoms with Crippen LogP contribution >= 0.6 is 0 Å². The van der Waals surface area contributed by atoms with E-state index in [1.165, 1.54) is 13.8 Å².